The number of aromatic nitrogens is 2. The van der Waals surface area contributed by atoms with Crippen molar-refractivity contribution in [2.75, 3.05) is 0 Å². The molecular weight excluding hydrogens is 284 g/mol. The molecule has 3 aromatic rings. The summed E-state index contributed by atoms with van der Waals surface area (Å²) >= 11 is 5.93. The van der Waals surface area contributed by atoms with Crippen LogP contribution in [0.4, 0.5) is 0 Å². The van der Waals surface area contributed by atoms with Crippen LogP contribution in [0.5, 0.6) is 0 Å². The topological polar surface area (TPSA) is 56.2 Å². The standard InChI is InChI=1S/C16H13ClN4/c17-14-8-6-12(7-9-14)16-13(10-19-18)11-21(20-16)15-4-2-1-3-5-15/h1-11H,18H2/b19-10-. The Morgan fingerprint density at radius 1 is 1.05 bits per heavy atom. The minimum Gasteiger partial charge on any atom is -0.323 e. The summed E-state index contributed by atoms with van der Waals surface area (Å²) in [6.45, 7) is 0. The number of para-hydroxylation sites is 1. The molecule has 4 nitrogen and oxygen atoms in total. The predicted molar refractivity (Wildman–Crippen MR) is 85.8 cm³/mol. The molecule has 0 amide bonds. The highest BCUT2D eigenvalue weighted by Gasteiger charge is 2.10. The first-order valence-corrected chi connectivity index (χ1v) is 6.80. The third-order valence-electron chi connectivity index (χ3n) is 3.09. The highest BCUT2D eigenvalue weighted by molar-refractivity contribution is 6.30. The van der Waals surface area contributed by atoms with Gasteiger partial charge in [-0.05, 0) is 24.3 Å². The molecule has 1 aromatic heterocycles. The molecule has 3 rings (SSSR count). The van der Waals surface area contributed by atoms with Crippen molar-refractivity contribution in [2.24, 2.45) is 10.9 Å². The van der Waals surface area contributed by atoms with Gasteiger partial charge >= 0.3 is 0 Å². The van der Waals surface area contributed by atoms with Gasteiger partial charge in [-0.1, -0.05) is 41.9 Å². The van der Waals surface area contributed by atoms with Crippen LogP contribution < -0.4 is 5.84 Å². The SMILES string of the molecule is N/N=C\c1cn(-c2ccccc2)nc1-c1ccc(Cl)cc1. The highest BCUT2D eigenvalue weighted by atomic mass is 35.5. The summed E-state index contributed by atoms with van der Waals surface area (Å²) in [4.78, 5) is 0. The molecule has 0 fully saturated rings. The molecule has 21 heavy (non-hydrogen) atoms. The summed E-state index contributed by atoms with van der Waals surface area (Å²) in [6.07, 6.45) is 3.49. The van der Waals surface area contributed by atoms with Gasteiger partial charge in [0.05, 0.1) is 11.9 Å². The zero-order valence-electron chi connectivity index (χ0n) is 11.1. The normalized spacial score (nSPS) is 11.1. The van der Waals surface area contributed by atoms with E-state index in [1.807, 2.05) is 60.8 Å². The van der Waals surface area contributed by atoms with Crippen LogP contribution >= 0.6 is 11.6 Å². The Hall–Kier alpha value is -2.59. The molecule has 5 heteroatoms. The second-order valence-corrected chi connectivity index (χ2v) is 4.93. The lowest BCUT2D eigenvalue weighted by atomic mass is 10.1. The van der Waals surface area contributed by atoms with Crippen LogP contribution in [0.1, 0.15) is 5.56 Å². The molecule has 0 atom stereocenters. The smallest absolute Gasteiger partial charge is 0.102 e. The number of hydrogen-bond acceptors (Lipinski definition) is 3. The number of hydrogen-bond donors (Lipinski definition) is 1. The summed E-state index contributed by atoms with van der Waals surface area (Å²) in [6, 6.07) is 17.4. The summed E-state index contributed by atoms with van der Waals surface area (Å²) < 4.78 is 1.81. The van der Waals surface area contributed by atoms with E-state index >= 15 is 0 Å². The van der Waals surface area contributed by atoms with Gasteiger partial charge in [0.1, 0.15) is 5.69 Å². The van der Waals surface area contributed by atoms with E-state index in [1.54, 1.807) is 10.9 Å². The van der Waals surface area contributed by atoms with Crippen molar-refractivity contribution in [3.63, 3.8) is 0 Å². The Kier molecular flexibility index (Phi) is 3.71. The first kappa shape index (κ1) is 13.4. The predicted octanol–water partition coefficient (Wildman–Crippen LogP) is 3.49. The molecule has 104 valence electrons. The van der Waals surface area contributed by atoms with Crippen LogP contribution in [0, 0.1) is 0 Å². The molecule has 0 saturated carbocycles. The molecule has 0 aliphatic heterocycles. The van der Waals surface area contributed by atoms with E-state index in [0.29, 0.717) is 5.02 Å². The van der Waals surface area contributed by atoms with E-state index < -0.39 is 0 Å². The van der Waals surface area contributed by atoms with E-state index in [9.17, 15) is 0 Å². The van der Waals surface area contributed by atoms with Crippen LogP contribution in [-0.4, -0.2) is 16.0 Å². The Bertz CT molecular complexity index is 761. The fourth-order valence-electron chi connectivity index (χ4n) is 2.11. The first-order chi connectivity index (χ1) is 10.3. The second kappa shape index (κ2) is 5.81. The van der Waals surface area contributed by atoms with Gasteiger partial charge in [0.15, 0.2) is 0 Å². The van der Waals surface area contributed by atoms with E-state index in [2.05, 4.69) is 10.2 Å². The van der Waals surface area contributed by atoms with Crippen LogP contribution in [0.2, 0.25) is 5.02 Å². The Labute approximate surface area is 127 Å². The molecular formula is C16H13ClN4. The van der Waals surface area contributed by atoms with Crippen molar-refractivity contribution in [2.45, 2.75) is 0 Å². The van der Waals surface area contributed by atoms with Gasteiger partial charge < -0.3 is 5.84 Å². The zero-order valence-corrected chi connectivity index (χ0v) is 11.9. The van der Waals surface area contributed by atoms with Crippen molar-refractivity contribution in [1.82, 2.24) is 9.78 Å². The van der Waals surface area contributed by atoms with Gasteiger partial charge in [0.2, 0.25) is 0 Å². The number of benzene rings is 2. The molecule has 0 spiro atoms. The van der Waals surface area contributed by atoms with Crippen LogP contribution in [0.25, 0.3) is 16.9 Å². The summed E-state index contributed by atoms with van der Waals surface area (Å²) in [7, 11) is 0. The maximum atomic E-state index is 5.93. The minimum atomic E-state index is 0.690. The van der Waals surface area contributed by atoms with Crippen molar-refractivity contribution in [1.29, 1.82) is 0 Å². The highest BCUT2D eigenvalue weighted by Crippen LogP contribution is 2.24. The average molecular weight is 297 g/mol. The molecule has 0 unspecified atom stereocenters. The maximum absolute atomic E-state index is 5.93. The van der Waals surface area contributed by atoms with E-state index in [-0.39, 0.29) is 0 Å². The Morgan fingerprint density at radius 2 is 1.76 bits per heavy atom. The monoisotopic (exact) mass is 296 g/mol. The fraction of sp³-hybridized carbons (Fsp3) is 0. The van der Waals surface area contributed by atoms with Crippen LogP contribution in [0.15, 0.2) is 65.9 Å². The molecule has 2 N–H and O–H groups in total. The fourth-order valence-corrected chi connectivity index (χ4v) is 2.23. The molecule has 0 saturated heterocycles. The van der Waals surface area contributed by atoms with Gasteiger partial charge in [-0.25, -0.2) is 4.68 Å². The third-order valence-corrected chi connectivity index (χ3v) is 3.35. The Balaban J connectivity index is 2.11. The van der Waals surface area contributed by atoms with Crippen molar-refractivity contribution >= 4 is 17.8 Å². The quantitative estimate of drug-likeness (QED) is 0.457. The number of rotatable bonds is 3. The molecule has 1 heterocycles. The molecule has 0 aliphatic carbocycles. The van der Waals surface area contributed by atoms with Gasteiger partial charge in [-0.15, -0.1) is 0 Å². The van der Waals surface area contributed by atoms with Crippen molar-refractivity contribution in [3.8, 4) is 16.9 Å². The number of nitrogens with two attached hydrogens (primary N) is 1. The lowest BCUT2D eigenvalue weighted by molar-refractivity contribution is 0.884. The van der Waals surface area contributed by atoms with Crippen LogP contribution in [0.3, 0.4) is 0 Å². The first-order valence-electron chi connectivity index (χ1n) is 6.42. The van der Waals surface area contributed by atoms with Gasteiger partial charge in [-0.3, -0.25) is 0 Å². The molecule has 0 bridgehead atoms. The lowest BCUT2D eigenvalue weighted by Crippen LogP contribution is -1.93. The summed E-state index contributed by atoms with van der Waals surface area (Å²) in [5.41, 5.74) is 3.60. The van der Waals surface area contributed by atoms with Crippen LogP contribution in [-0.2, 0) is 0 Å². The largest absolute Gasteiger partial charge is 0.323 e. The minimum absolute atomic E-state index is 0.690. The Morgan fingerprint density at radius 3 is 2.43 bits per heavy atom. The van der Waals surface area contributed by atoms with Crippen molar-refractivity contribution in [3.05, 3.63) is 71.4 Å². The third kappa shape index (κ3) is 2.80. The van der Waals surface area contributed by atoms with E-state index in [4.69, 9.17) is 17.4 Å². The van der Waals surface area contributed by atoms with Gasteiger partial charge in [0, 0.05) is 22.3 Å². The van der Waals surface area contributed by atoms with E-state index in [0.717, 1.165) is 22.5 Å². The molecule has 0 aliphatic rings. The summed E-state index contributed by atoms with van der Waals surface area (Å²) in [5, 5.41) is 8.93. The second-order valence-electron chi connectivity index (χ2n) is 4.50. The number of halogens is 1. The molecule has 2 aromatic carbocycles. The maximum Gasteiger partial charge on any atom is 0.102 e. The lowest BCUT2D eigenvalue weighted by Gasteiger charge is -2.00. The van der Waals surface area contributed by atoms with Gasteiger partial charge in [-0.2, -0.15) is 10.2 Å². The number of hydrazone groups is 1. The van der Waals surface area contributed by atoms with Gasteiger partial charge in [0.25, 0.3) is 0 Å². The zero-order chi connectivity index (χ0) is 14.7. The summed E-state index contributed by atoms with van der Waals surface area (Å²) in [5.74, 6) is 5.29. The number of nitrogens with zero attached hydrogens (tertiary/aromatic N) is 3. The van der Waals surface area contributed by atoms with E-state index in [1.165, 1.54) is 0 Å². The molecule has 0 radical (unpaired) electrons. The average Bonchev–Trinajstić information content (AvgIpc) is 2.93. The van der Waals surface area contributed by atoms with Crippen molar-refractivity contribution < 1.29 is 0 Å².